The van der Waals surface area contributed by atoms with Crippen LogP contribution in [0.25, 0.3) is 0 Å². The lowest BCUT2D eigenvalue weighted by Crippen LogP contribution is -2.27. The molecule has 2 aromatic rings. The van der Waals surface area contributed by atoms with Crippen LogP contribution in [0.3, 0.4) is 0 Å². The summed E-state index contributed by atoms with van der Waals surface area (Å²) in [6, 6.07) is 11.0. The zero-order chi connectivity index (χ0) is 14.7. The number of amides is 1. The van der Waals surface area contributed by atoms with E-state index in [2.05, 4.69) is 5.32 Å². The van der Waals surface area contributed by atoms with Gasteiger partial charge >= 0.3 is 0 Å². The minimum Gasteiger partial charge on any atom is -0.508 e. The Balaban J connectivity index is 2.17. The van der Waals surface area contributed by atoms with E-state index >= 15 is 0 Å². The van der Waals surface area contributed by atoms with Crippen LogP contribution in [0.2, 0.25) is 0 Å². The molecular formula is C16H16FNO2. The summed E-state index contributed by atoms with van der Waals surface area (Å²) in [6.45, 7) is 3.80. The molecular weight excluding hydrogens is 257 g/mol. The minimum atomic E-state index is -0.737. The SMILES string of the molecule is Cc1ccccc1C(C)NC(=O)c1ccc(O)cc1F. The first-order valence-electron chi connectivity index (χ1n) is 6.34. The summed E-state index contributed by atoms with van der Waals surface area (Å²) in [7, 11) is 0. The summed E-state index contributed by atoms with van der Waals surface area (Å²) in [4.78, 5) is 12.0. The summed E-state index contributed by atoms with van der Waals surface area (Å²) < 4.78 is 13.6. The Morgan fingerprint density at radius 3 is 2.60 bits per heavy atom. The number of hydrogen-bond acceptors (Lipinski definition) is 2. The van der Waals surface area contributed by atoms with Gasteiger partial charge in [-0.25, -0.2) is 4.39 Å². The normalized spacial score (nSPS) is 11.9. The summed E-state index contributed by atoms with van der Waals surface area (Å²) in [5, 5.41) is 11.9. The van der Waals surface area contributed by atoms with Crippen molar-refractivity contribution in [3.8, 4) is 5.75 Å². The molecule has 1 unspecified atom stereocenters. The standard InChI is InChI=1S/C16H16FNO2/c1-10-5-3-4-6-13(10)11(2)18-16(20)14-8-7-12(19)9-15(14)17/h3-9,11,19H,1-2H3,(H,18,20). The molecule has 0 fully saturated rings. The van der Waals surface area contributed by atoms with Crippen LogP contribution in [0.5, 0.6) is 5.75 Å². The molecule has 0 aliphatic carbocycles. The number of hydrogen-bond donors (Lipinski definition) is 2. The predicted octanol–water partition coefficient (Wildman–Crippen LogP) is 3.33. The second-order valence-electron chi connectivity index (χ2n) is 4.72. The summed E-state index contributed by atoms with van der Waals surface area (Å²) in [6.07, 6.45) is 0. The Labute approximate surface area is 117 Å². The van der Waals surface area contributed by atoms with Gasteiger partial charge < -0.3 is 10.4 Å². The number of benzene rings is 2. The van der Waals surface area contributed by atoms with Crippen LogP contribution >= 0.6 is 0 Å². The lowest BCUT2D eigenvalue weighted by molar-refractivity contribution is 0.0935. The van der Waals surface area contributed by atoms with E-state index in [1.807, 2.05) is 38.1 Å². The highest BCUT2D eigenvalue weighted by molar-refractivity contribution is 5.94. The minimum absolute atomic E-state index is 0.0803. The predicted molar refractivity (Wildman–Crippen MR) is 75.1 cm³/mol. The average Bonchev–Trinajstić information content (AvgIpc) is 2.38. The van der Waals surface area contributed by atoms with E-state index in [-0.39, 0.29) is 17.4 Å². The summed E-state index contributed by atoms with van der Waals surface area (Å²) in [5.74, 6) is -1.44. The van der Waals surface area contributed by atoms with Gasteiger partial charge in [0, 0.05) is 6.07 Å². The number of carbonyl (C=O) groups is 1. The fourth-order valence-electron chi connectivity index (χ4n) is 2.11. The molecule has 2 aromatic carbocycles. The van der Waals surface area contributed by atoms with Gasteiger partial charge in [-0.05, 0) is 37.1 Å². The Hall–Kier alpha value is -2.36. The molecule has 0 aliphatic rings. The van der Waals surface area contributed by atoms with Gasteiger partial charge in [0.1, 0.15) is 11.6 Å². The number of halogens is 1. The first-order valence-corrected chi connectivity index (χ1v) is 6.34. The zero-order valence-corrected chi connectivity index (χ0v) is 11.4. The molecule has 0 saturated heterocycles. The third-order valence-electron chi connectivity index (χ3n) is 3.20. The molecule has 0 aliphatic heterocycles. The molecule has 0 saturated carbocycles. The molecule has 2 rings (SSSR count). The van der Waals surface area contributed by atoms with Gasteiger partial charge in [0.25, 0.3) is 5.91 Å². The van der Waals surface area contributed by atoms with Crippen LogP contribution in [0, 0.1) is 12.7 Å². The van der Waals surface area contributed by atoms with E-state index in [1.54, 1.807) is 0 Å². The summed E-state index contributed by atoms with van der Waals surface area (Å²) in [5.41, 5.74) is 1.97. The molecule has 2 N–H and O–H groups in total. The number of phenolic OH excluding ortho intramolecular Hbond substituents is 1. The Morgan fingerprint density at radius 2 is 1.95 bits per heavy atom. The molecule has 1 amide bonds. The molecule has 4 heteroatoms. The first-order chi connectivity index (χ1) is 9.49. The number of aryl methyl sites for hydroxylation is 1. The lowest BCUT2D eigenvalue weighted by atomic mass is 10.0. The van der Waals surface area contributed by atoms with Gasteiger partial charge in [-0.2, -0.15) is 0 Å². The van der Waals surface area contributed by atoms with Gasteiger partial charge in [-0.15, -0.1) is 0 Å². The second kappa shape index (κ2) is 5.74. The highest BCUT2D eigenvalue weighted by atomic mass is 19.1. The maximum atomic E-state index is 13.6. The number of rotatable bonds is 3. The van der Waals surface area contributed by atoms with E-state index in [0.717, 1.165) is 17.2 Å². The zero-order valence-electron chi connectivity index (χ0n) is 11.4. The van der Waals surface area contributed by atoms with Crippen LogP contribution in [-0.2, 0) is 0 Å². The van der Waals surface area contributed by atoms with Crippen molar-refractivity contribution >= 4 is 5.91 Å². The fraction of sp³-hybridized carbons (Fsp3) is 0.188. The molecule has 0 spiro atoms. The quantitative estimate of drug-likeness (QED) is 0.901. The highest BCUT2D eigenvalue weighted by Crippen LogP contribution is 2.19. The molecule has 3 nitrogen and oxygen atoms in total. The Bertz CT molecular complexity index is 640. The molecule has 104 valence electrons. The maximum Gasteiger partial charge on any atom is 0.254 e. The maximum absolute atomic E-state index is 13.6. The topological polar surface area (TPSA) is 49.3 Å². The van der Waals surface area contributed by atoms with Gasteiger partial charge in [0.05, 0.1) is 11.6 Å². The van der Waals surface area contributed by atoms with Crippen LogP contribution in [-0.4, -0.2) is 11.0 Å². The van der Waals surface area contributed by atoms with Crippen molar-refractivity contribution in [1.82, 2.24) is 5.32 Å². The van der Waals surface area contributed by atoms with Gasteiger partial charge in [-0.1, -0.05) is 24.3 Å². The number of nitrogens with one attached hydrogen (secondary N) is 1. The van der Waals surface area contributed by atoms with Crippen LogP contribution in [0.15, 0.2) is 42.5 Å². The molecule has 20 heavy (non-hydrogen) atoms. The monoisotopic (exact) mass is 273 g/mol. The van der Waals surface area contributed by atoms with Gasteiger partial charge in [-0.3, -0.25) is 4.79 Å². The average molecular weight is 273 g/mol. The van der Waals surface area contributed by atoms with Crippen molar-refractivity contribution in [3.05, 3.63) is 65.0 Å². The van der Waals surface area contributed by atoms with E-state index in [9.17, 15) is 9.18 Å². The largest absolute Gasteiger partial charge is 0.508 e. The molecule has 0 aromatic heterocycles. The van der Waals surface area contributed by atoms with E-state index in [1.165, 1.54) is 12.1 Å². The van der Waals surface area contributed by atoms with Crippen molar-refractivity contribution in [3.63, 3.8) is 0 Å². The number of aromatic hydroxyl groups is 1. The van der Waals surface area contributed by atoms with E-state index < -0.39 is 11.7 Å². The highest BCUT2D eigenvalue weighted by Gasteiger charge is 2.16. The first kappa shape index (κ1) is 14.1. The Kier molecular flexibility index (Phi) is 4.03. The fourth-order valence-corrected chi connectivity index (χ4v) is 2.11. The number of carbonyl (C=O) groups excluding carboxylic acids is 1. The van der Waals surface area contributed by atoms with Gasteiger partial charge in [0.15, 0.2) is 0 Å². The summed E-state index contributed by atoms with van der Waals surface area (Å²) >= 11 is 0. The lowest BCUT2D eigenvalue weighted by Gasteiger charge is -2.16. The van der Waals surface area contributed by atoms with Gasteiger partial charge in [0.2, 0.25) is 0 Å². The third kappa shape index (κ3) is 2.96. The van der Waals surface area contributed by atoms with Crippen molar-refractivity contribution in [1.29, 1.82) is 0 Å². The molecule has 0 heterocycles. The third-order valence-corrected chi connectivity index (χ3v) is 3.20. The van der Waals surface area contributed by atoms with Crippen LogP contribution in [0.1, 0.15) is 34.5 Å². The smallest absolute Gasteiger partial charge is 0.254 e. The van der Waals surface area contributed by atoms with Crippen LogP contribution in [0.4, 0.5) is 4.39 Å². The molecule has 1 atom stereocenters. The van der Waals surface area contributed by atoms with Crippen molar-refractivity contribution in [2.24, 2.45) is 0 Å². The van der Waals surface area contributed by atoms with Crippen LogP contribution < -0.4 is 5.32 Å². The molecule has 0 radical (unpaired) electrons. The van der Waals surface area contributed by atoms with Crippen molar-refractivity contribution < 1.29 is 14.3 Å². The molecule has 0 bridgehead atoms. The van der Waals surface area contributed by atoms with E-state index in [4.69, 9.17) is 5.11 Å². The van der Waals surface area contributed by atoms with E-state index in [0.29, 0.717) is 0 Å². The van der Waals surface area contributed by atoms with Crippen molar-refractivity contribution in [2.75, 3.05) is 0 Å². The second-order valence-corrected chi connectivity index (χ2v) is 4.72. The number of phenols is 1. The Morgan fingerprint density at radius 1 is 1.25 bits per heavy atom. The van der Waals surface area contributed by atoms with Crippen molar-refractivity contribution in [2.45, 2.75) is 19.9 Å².